The molecular weight excluding hydrogens is 374 g/mol. The van der Waals surface area contributed by atoms with Crippen molar-refractivity contribution in [2.45, 2.75) is 38.3 Å². The number of ether oxygens (including phenoxy) is 3. The third-order valence-corrected chi connectivity index (χ3v) is 4.86. The van der Waals surface area contributed by atoms with Crippen LogP contribution in [0, 0.1) is 0 Å². The molecule has 1 atom stereocenters. The molecule has 27 heavy (non-hydrogen) atoms. The molecule has 0 saturated carbocycles. The first-order valence-electron chi connectivity index (χ1n) is 9.19. The molecule has 8 nitrogen and oxygen atoms in total. The number of likely N-dealkylation sites (tertiary alicyclic amines) is 1. The molecule has 3 rings (SSSR count). The summed E-state index contributed by atoms with van der Waals surface area (Å²) in [6.45, 7) is 4.43. The Morgan fingerprint density at radius 2 is 2.15 bits per heavy atom. The number of amides is 2. The minimum atomic E-state index is -0.304. The van der Waals surface area contributed by atoms with Crippen LogP contribution in [-0.4, -0.2) is 66.9 Å². The van der Waals surface area contributed by atoms with Crippen molar-refractivity contribution >= 4 is 23.6 Å². The van der Waals surface area contributed by atoms with Crippen LogP contribution in [0.25, 0.3) is 0 Å². The van der Waals surface area contributed by atoms with Crippen molar-refractivity contribution in [3.8, 4) is 5.88 Å². The van der Waals surface area contributed by atoms with Crippen LogP contribution in [0.15, 0.2) is 12.3 Å². The van der Waals surface area contributed by atoms with E-state index in [4.69, 9.17) is 25.8 Å². The highest BCUT2D eigenvalue weighted by molar-refractivity contribution is 6.32. The van der Waals surface area contributed by atoms with E-state index in [0.717, 1.165) is 6.42 Å². The van der Waals surface area contributed by atoms with Crippen molar-refractivity contribution in [2.24, 2.45) is 0 Å². The van der Waals surface area contributed by atoms with Gasteiger partial charge in [0.15, 0.2) is 0 Å². The maximum atomic E-state index is 12.5. The summed E-state index contributed by atoms with van der Waals surface area (Å²) in [7, 11) is 0. The first-order chi connectivity index (χ1) is 13.1. The largest absolute Gasteiger partial charge is 0.471 e. The number of carbonyl (C=O) groups is 2. The predicted molar refractivity (Wildman–Crippen MR) is 98.2 cm³/mol. The molecule has 2 fully saturated rings. The van der Waals surface area contributed by atoms with Crippen LogP contribution in [0.4, 0.5) is 4.79 Å². The second-order valence-corrected chi connectivity index (χ2v) is 6.96. The third-order valence-electron chi connectivity index (χ3n) is 4.59. The Morgan fingerprint density at radius 1 is 1.37 bits per heavy atom. The van der Waals surface area contributed by atoms with Gasteiger partial charge in [0.05, 0.1) is 25.4 Å². The van der Waals surface area contributed by atoms with Gasteiger partial charge in [-0.3, -0.25) is 4.79 Å². The van der Waals surface area contributed by atoms with Gasteiger partial charge in [-0.2, -0.15) is 0 Å². The maximum absolute atomic E-state index is 12.5. The molecule has 0 spiro atoms. The number of pyridine rings is 1. The van der Waals surface area contributed by atoms with E-state index in [1.54, 1.807) is 17.9 Å². The molecule has 1 aromatic heterocycles. The Hall–Kier alpha value is -2.06. The highest BCUT2D eigenvalue weighted by Crippen LogP contribution is 2.25. The topological polar surface area (TPSA) is 90.0 Å². The molecule has 0 bridgehead atoms. The van der Waals surface area contributed by atoms with Crippen LogP contribution >= 0.6 is 11.6 Å². The Labute approximate surface area is 163 Å². The predicted octanol–water partition coefficient (Wildman–Crippen LogP) is 2.25. The molecule has 1 N–H and O–H groups in total. The molecule has 2 amide bonds. The van der Waals surface area contributed by atoms with Gasteiger partial charge < -0.3 is 24.4 Å². The van der Waals surface area contributed by atoms with Crippen LogP contribution in [0.5, 0.6) is 5.88 Å². The van der Waals surface area contributed by atoms with E-state index < -0.39 is 0 Å². The number of carbonyl (C=O) groups excluding carboxylic acids is 2. The number of piperidine rings is 1. The standard InChI is InChI=1S/C18H24ClN3O5/c1-2-26-18(24)22-6-3-13(4-7-22)21-16(23)12-9-15(19)17(20-10-12)27-14-5-8-25-11-14/h9-10,13-14H,2-8,11H2,1H3,(H,21,23)/t14-/m1/s1. The van der Waals surface area contributed by atoms with Crippen LogP contribution in [0.1, 0.15) is 36.5 Å². The average molecular weight is 398 g/mol. The van der Waals surface area contributed by atoms with Crippen molar-refractivity contribution in [3.63, 3.8) is 0 Å². The monoisotopic (exact) mass is 397 g/mol. The second-order valence-electron chi connectivity index (χ2n) is 6.55. The summed E-state index contributed by atoms with van der Waals surface area (Å²) in [4.78, 5) is 30.0. The summed E-state index contributed by atoms with van der Waals surface area (Å²) in [5, 5.41) is 3.27. The van der Waals surface area contributed by atoms with E-state index in [9.17, 15) is 9.59 Å². The Balaban J connectivity index is 1.51. The van der Waals surface area contributed by atoms with Gasteiger partial charge in [-0.15, -0.1) is 0 Å². The summed E-state index contributed by atoms with van der Waals surface area (Å²) in [6, 6.07) is 1.55. The number of rotatable bonds is 5. The number of hydrogen-bond acceptors (Lipinski definition) is 6. The van der Waals surface area contributed by atoms with Crippen LogP contribution < -0.4 is 10.1 Å². The highest BCUT2D eigenvalue weighted by atomic mass is 35.5. The molecule has 2 aliphatic heterocycles. The molecule has 148 valence electrons. The summed E-state index contributed by atoms with van der Waals surface area (Å²) in [5.41, 5.74) is 0.378. The molecule has 1 aromatic rings. The van der Waals surface area contributed by atoms with Gasteiger partial charge in [0.25, 0.3) is 5.91 Å². The zero-order valence-corrected chi connectivity index (χ0v) is 16.0. The zero-order valence-electron chi connectivity index (χ0n) is 15.3. The van der Waals surface area contributed by atoms with Gasteiger partial charge in [0.1, 0.15) is 11.1 Å². The fraction of sp³-hybridized carbons (Fsp3) is 0.611. The van der Waals surface area contributed by atoms with E-state index >= 15 is 0 Å². The molecule has 3 heterocycles. The van der Waals surface area contributed by atoms with E-state index in [2.05, 4.69) is 10.3 Å². The number of hydrogen-bond donors (Lipinski definition) is 1. The molecule has 0 aliphatic carbocycles. The van der Waals surface area contributed by atoms with Gasteiger partial charge in [-0.1, -0.05) is 11.6 Å². The van der Waals surface area contributed by atoms with Crippen molar-refractivity contribution in [3.05, 3.63) is 22.8 Å². The molecule has 0 aromatic carbocycles. The van der Waals surface area contributed by atoms with E-state index in [1.165, 1.54) is 6.20 Å². The minimum Gasteiger partial charge on any atom is -0.471 e. The van der Waals surface area contributed by atoms with Crippen molar-refractivity contribution in [1.29, 1.82) is 0 Å². The van der Waals surface area contributed by atoms with Gasteiger partial charge in [0.2, 0.25) is 5.88 Å². The number of nitrogens with zero attached hydrogens (tertiary/aromatic N) is 2. The van der Waals surface area contributed by atoms with Crippen LogP contribution in [0.2, 0.25) is 5.02 Å². The van der Waals surface area contributed by atoms with Gasteiger partial charge >= 0.3 is 6.09 Å². The van der Waals surface area contributed by atoms with Crippen LogP contribution in [-0.2, 0) is 9.47 Å². The van der Waals surface area contributed by atoms with Gasteiger partial charge in [-0.25, -0.2) is 9.78 Å². The van der Waals surface area contributed by atoms with E-state index in [0.29, 0.717) is 62.2 Å². The molecule has 0 unspecified atom stereocenters. The lowest BCUT2D eigenvalue weighted by atomic mass is 10.0. The Bertz CT molecular complexity index is 673. The fourth-order valence-electron chi connectivity index (χ4n) is 3.09. The lowest BCUT2D eigenvalue weighted by Gasteiger charge is -2.31. The fourth-order valence-corrected chi connectivity index (χ4v) is 3.30. The van der Waals surface area contributed by atoms with Crippen molar-refractivity contribution in [1.82, 2.24) is 15.2 Å². The highest BCUT2D eigenvalue weighted by Gasteiger charge is 2.25. The summed E-state index contributed by atoms with van der Waals surface area (Å²) in [6.07, 6.45) is 3.24. The normalized spacial score (nSPS) is 20.4. The van der Waals surface area contributed by atoms with Crippen molar-refractivity contribution < 1.29 is 23.8 Å². The molecule has 9 heteroatoms. The number of halogens is 1. The lowest BCUT2D eigenvalue weighted by Crippen LogP contribution is -2.46. The van der Waals surface area contributed by atoms with Crippen LogP contribution in [0.3, 0.4) is 0 Å². The van der Waals surface area contributed by atoms with E-state index in [1.807, 2.05) is 0 Å². The Kier molecular flexibility index (Phi) is 6.73. The van der Waals surface area contributed by atoms with Crippen molar-refractivity contribution in [2.75, 3.05) is 32.9 Å². The summed E-state index contributed by atoms with van der Waals surface area (Å²) < 4.78 is 16.0. The molecule has 0 radical (unpaired) electrons. The summed E-state index contributed by atoms with van der Waals surface area (Å²) >= 11 is 6.21. The average Bonchev–Trinajstić information content (AvgIpc) is 3.17. The number of nitrogens with one attached hydrogen (secondary N) is 1. The quantitative estimate of drug-likeness (QED) is 0.819. The first kappa shape index (κ1) is 19.7. The molecular formula is C18H24ClN3O5. The number of aromatic nitrogens is 1. The summed E-state index contributed by atoms with van der Waals surface area (Å²) in [5.74, 6) is 0.0706. The van der Waals surface area contributed by atoms with Gasteiger partial charge in [-0.05, 0) is 25.8 Å². The van der Waals surface area contributed by atoms with Gasteiger partial charge in [0, 0.05) is 31.7 Å². The second kappa shape index (κ2) is 9.23. The maximum Gasteiger partial charge on any atom is 0.409 e. The lowest BCUT2D eigenvalue weighted by molar-refractivity contribution is 0.0859. The zero-order chi connectivity index (χ0) is 19.2. The smallest absolute Gasteiger partial charge is 0.409 e. The first-order valence-corrected chi connectivity index (χ1v) is 9.57. The molecule has 2 saturated heterocycles. The minimum absolute atomic E-state index is 0.00600. The Morgan fingerprint density at radius 3 is 2.78 bits per heavy atom. The third kappa shape index (κ3) is 5.23. The molecule has 2 aliphatic rings. The SMILES string of the molecule is CCOC(=O)N1CCC(NC(=O)c2cnc(O[C@@H]3CCOC3)c(Cl)c2)CC1. The van der Waals surface area contributed by atoms with E-state index in [-0.39, 0.29) is 24.1 Å².